The molecule has 118 valence electrons. The van der Waals surface area contributed by atoms with Gasteiger partial charge in [-0.05, 0) is 31.2 Å². The summed E-state index contributed by atoms with van der Waals surface area (Å²) in [5.74, 6) is 0.171. The van der Waals surface area contributed by atoms with Gasteiger partial charge in [0.05, 0.1) is 5.60 Å². The zero-order valence-corrected chi connectivity index (χ0v) is 14.1. The second-order valence-electron chi connectivity index (χ2n) is 6.29. The number of hydrogen-bond donors (Lipinski definition) is 1. The molecule has 2 rings (SSSR count). The van der Waals surface area contributed by atoms with Gasteiger partial charge in [0.2, 0.25) is 0 Å². The van der Waals surface area contributed by atoms with Crippen LogP contribution in [-0.2, 0) is 5.60 Å². The van der Waals surface area contributed by atoms with Gasteiger partial charge in [0, 0.05) is 43.7 Å². The predicted molar refractivity (Wildman–Crippen MR) is 88.7 cm³/mol. The van der Waals surface area contributed by atoms with E-state index in [9.17, 15) is 5.11 Å². The van der Waals surface area contributed by atoms with Crippen molar-refractivity contribution >= 4 is 11.6 Å². The van der Waals surface area contributed by atoms with Crippen molar-refractivity contribution in [2.24, 2.45) is 5.92 Å². The standard InChI is InChI=1S/C17H27ClN2O/c1-4-17(21,15-6-5-7-16(18)12-15)14(2)13-20-10-8-19(3)9-11-20/h5-7,12,14,21H,4,8-11,13H2,1-3H3. The van der Waals surface area contributed by atoms with E-state index in [1.165, 1.54) is 0 Å². The first kappa shape index (κ1) is 16.8. The summed E-state index contributed by atoms with van der Waals surface area (Å²) >= 11 is 6.09. The van der Waals surface area contributed by atoms with Crippen LogP contribution in [0, 0.1) is 5.92 Å². The van der Waals surface area contributed by atoms with E-state index >= 15 is 0 Å². The minimum atomic E-state index is -0.811. The van der Waals surface area contributed by atoms with E-state index in [1.54, 1.807) is 0 Å². The summed E-state index contributed by atoms with van der Waals surface area (Å²) in [6, 6.07) is 7.65. The van der Waals surface area contributed by atoms with Gasteiger partial charge < -0.3 is 14.9 Å². The fourth-order valence-corrected chi connectivity index (χ4v) is 3.35. The summed E-state index contributed by atoms with van der Waals surface area (Å²) in [7, 11) is 2.16. The van der Waals surface area contributed by atoms with E-state index < -0.39 is 5.60 Å². The van der Waals surface area contributed by atoms with Gasteiger partial charge in [-0.15, -0.1) is 0 Å². The van der Waals surface area contributed by atoms with Gasteiger partial charge in [-0.3, -0.25) is 0 Å². The fourth-order valence-electron chi connectivity index (χ4n) is 3.16. The summed E-state index contributed by atoms with van der Waals surface area (Å²) in [5, 5.41) is 11.9. The lowest BCUT2D eigenvalue weighted by atomic mass is 9.80. The molecule has 0 amide bonds. The molecule has 0 aromatic heterocycles. The van der Waals surface area contributed by atoms with Crippen LogP contribution in [0.4, 0.5) is 0 Å². The topological polar surface area (TPSA) is 26.7 Å². The molecule has 1 aromatic carbocycles. The van der Waals surface area contributed by atoms with Crippen molar-refractivity contribution in [2.75, 3.05) is 39.8 Å². The Morgan fingerprint density at radius 2 is 1.95 bits per heavy atom. The summed E-state index contributed by atoms with van der Waals surface area (Å²) in [4.78, 5) is 4.81. The second-order valence-corrected chi connectivity index (χ2v) is 6.73. The Morgan fingerprint density at radius 1 is 1.29 bits per heavy atom. The number of benzene rings is 1. The summed E-state index contributed by atoms with van der Waals surface area (Å²) in [6.45, 7) is 9.48. The molecule has 1 fully saturated rings. The van der Waals surface area contributed by atoms with Crippen molar-refractivity contribution in [1.82, 2.24) is 9.80 Å². The number of aliphatic hydroxyl groups is 1. The Balaban J connectivity index is 2.08. The third kappa shape index (κ3) is 3.98. The number of rotatable bonds is 5. The highest BCUT2D eigenvalue weighted by Crippen LogP contribution is 2.34. The van der Waals surface area contributed by atoms with E-state index in [1.807, 2.05) is 31.2 Å². The van der Waals surface area contributed by atoms with Gasteiger partial charge >= 0.3 is 0 Å². The van der Waals surface area contributed by atoms with Crippen molar-refractivity contribution < 1.29 is 5.11 Å². The molecular weight excluding hydrogens is 284 g/mol. The van der Waals surface area contributed by atoms with Gasteiger partial charge in [-0.25, -0.2) is 0 Å². The number of hydrogen-bond acceptors (Lipinski definition) is 3. The van der Waals surface area contributed by atoms with Crippen LogP contribution in [0.1, 0.15) is 25.8 Å². The van der Waals surface area contributed by atoms with Crippen LogP contribution >= 0.6 is 11.6 Å². The van der Waals surface area contributed by atoms with Gasteiger partial charge in [0.1, 0.15) is 0 Å². The molecule has 4 heteroatoms. The maximum Gasteiger partial charge on any atom is 0.0932 e. The SMILES string of the molecule is CCC(O)(c1cccc(Cl)c1)C(C)CN1CCN(C)CC1. The molecule has 3 nitrogen and oxygen atoms in total. The quantitative estimate of drug-likeness (QED) is 0.906. The predicted octanol–water partition coefficient (Wildman–Crippen LogP) is 2.82. The minimum Gasteiger partial charge on any atom is -0.385 e. The third-order valence-corrected chi connectivity index (χ3v) is 5.04. The van der Waals surface area contributed by atoms with Crippen LogP contribution in [0.3, 0.4) is 0 Å². The highest BCUT2D eigenvalue weighted by Gasteiger charge is 2.35. The Bertz CT molecular complexity index is 460. The molecule has 1 aromatic rings. The first-order valence-electron chi connectivity index (χ1n) is 7.85. The molecule has 2 unspecified atom stereocenters. The first-order chi connectivity index (χ1) is 9.95. The molecule has 0 saturated carbocycles. The van der Waals surface area contributed by atoms with Crippen LogP contribution in [0.2, 0.25) is 5.02 Å². The summed E-state index contributed by atoms with van der Waals surface area (Å²) in [6.07, 6.45) is 0.697. The highest BCUT2D eigenvalue weighted by atomic mass is 35.5. The van der Waals surface area contributed by atoms with Crippen LogP contribution in [0.15, 0.2) is 24.3 Å². The van der Waals surface area contributed by atoms with Crippen LogP contribution in [0.25, 0.3) is 0 Å². The molecule has 1 N–H and O–H groups in total. The van der Waals surface area contributed by atoms with Crippen LogP contribution in [-0.4, -0.2) is 54.7 Å². The van der Waals surface area contributed by atoms with E-state index in [2.05, 4.69) is 23.8 Å². The molecule has 1 saturated heterocycles. The van der Waals surface area contributed by atoms with Gasteiger partial charge in [-0.2, -0.15) is 0 Å². The van der Waals surface area contributed by atoms with E-state index in [-0.39, 0.29) is 5.92 Å². The van der Waals surface area contributed by atoms with E-state index in [4.69, 9.17) is 11.6 Å². The fraction of sp³-hybridized carbons (Fsp3) is 0.647. The molecule has 2 atom stereocenters. The second kappa shape index (κ2) is 7.10. The number of nitrogens with zero attached hydrogens (tertiary/aromatic N) is 2. The lowest BCUT2D eigenvalue weighted by molar-refractivity contribution is -0.0371. The molecule has 0 radical (unpaired) electrons. The number of piperazine rings is 1. The summed E-state index contributed by atoms with van der Waals surface area (Å²) < 4.78 is 0. The third-order valence-electron chi connectivity index (χ3n) is 4.81. The molecule has 1 aliphatic rings. The van der Waals surface area contributed by atoms with Gasteiger partial charge in [0.25, 0.3) is 0 Å². The minimum absolute atomic E-state index is 0.171. The lowest BCUT2D eigenvalue weighted by Crippen LogP contribution is -2.48. The Hall–Kier alpha value is -0.610. The Kier molecular flexibility index (Phi) is 5.67. The average Bonchev–Trinajstić information content (AvgIpc) is 2.48. The van der Waals surface area contributed by atoms with Crippen LogP contribution < -0.4 is 0 Å². The van der Waals surface area contributed by atoms with Gasteiger partial charge in [0.15, 0.2) is 0 Å². The van der Waals surface area contributed by atoms with Crippen molar-refractivity contribution in [3.8, 4) is 0 Å². The molecular formula is C17H27ClN2O. The van der Waals surface area contributed by atoms with Crippen molar-refractivity contribution in [3.63, 3.8) is 0 Å². The Morgan fingerprint density at radius 3 is 2.52 bits per heavy atom. The van der Waals surface area contributed by atoms with Crippen molar-refractivity contribution in [1.29, 1.82) is 0 Å². The lowest BCUT2D eigenvalue weighted by Gasteiger charge is -2.39. The first-order valence-corrected chi connectivity index (χ1v) is 8.23. The monoisotopic (exact) mass is 310 g/mol. The van der Waals surface area contributed by atoms with Gasteiger partial charge in [-0.1, -0.05) is 37.6 Å². The molecule has 0 spiro atoms. The van der Waals surface area contributed by atoms with Crippen molar-refractivity contribution in [3.05, 3.63) is 34.9 Å². The maximum atomic E-state index is 11.2. The molecule has 21 heavy (non-hydrogen) atoms. The molecule has 0 bridgehead atoms. The molecule has 1 heterocycles. The van der Waals surface area contributed by atoms with Crippen molar-refractivity contribution in [2.45, 2.75) is 25.9 Å². The Labute approximate surface area is 133 Å². The van der Waals surface area contributed by atoms with E-state index in [0.717, 1.165) is 38.3 Å². The molecule has 1 aliphatic heterocycles. The highest BCUT2D eigenvalue weighted by molar-refractivity contribution is 6.30. The normalized spacial score (nSPS) is 22.0. The average molecular weight is 311 g/mol. The zero-order valence-electron chi connectivity index (χ0n) is 13.3. The largest absolute Gasteiger partial charge is 0.385 e. The molecule has 0 aliphatic carbocycles. The summed E-state index contributed by atoms with van der Waals surface area (Å²) in [5.41, 5.74) is 0.118. The number of likely N-dealkylation sites (N-methyl/N-ethyl adjacent to an activating group) is 1. The zero-order chi connectivity index (χ0) is 15.5. The van der Waals surface area contributed by atoms with E-state index in [0.29, 0.717) is 11.4 Å². The van der Waals surface area contributed by atoms with Crippen LogP contribution in [0.5, 0.6) is 0 Å². The number of halogens is 1. The smallest absolute Gasteiger partial charge is 0.0932 e. The maximum absolute atomic E-state index is 11.2.